The molecule has 0 spiro atoms. The predicted octanol–water partition coefficient (Wildman–Crippen LogP) is 4.48. The molecule has 0 N–H and O–H groups in total. The van der Waals surface area contributed by atoms with Crippen molar-refractivity contribution in [3.63, 3.8) is 0 Å². The van der Waals surface area contributed by atoms with Crippen LogP contribution in [0.2, 0.25) is 0 Å². The lowest BCUT2D eigenvalue weighted by atomic mass is 10.1. The quantitative estimate of drug-likeness (QED) is 0.323. The van der Waals surface area contributed by atoms with Crippen molar-refractivity contribution in [2.45, 2.75) is 26.3 Å². The molecule has 1 amide bonds. The van der Waals surface area contributed by atoms with Crippen molar-refractivity contribution >= 4 is 16.8 Å². The first kappa shape index (κ1) is 26.1. The van der Waals surface area contributed by atoms with E-state index in [0.29, 0.717) is 47.9 Å². The molecule has 1 atom stereocenters. The van der Waals surface area contributed by atoms with Crippen LogP contribution in [0, 0.1) is 0 Å². The van der Waals surface area contributed by atoms with Crippen LogP contribution in [0.1, 0.15) is 31.3 Å². The number of aromatic nitrogens is 2. The summed E-state index contributed by atoms with van der Waals surface area (Å²) >= 11 is 0. The Morgan fingerprint density at radius 2 is 1.62 bits per heavy atom. The summed E-state index contributed by atoms with van der Waals surface area (Å²) in [5.74, 6) is 1.07. The van der Waals surface area contributed by atoms with E-state index in [9.17, 15) is 9.59 Å². The van der Waals surface area contributed by atoms with E-state index in [-0.39, 0.29) is 17.9 Å². The lowest BCUT2D eigenvalue weighted by Crippen LogP contribution is -2.41. The van der Waals surface area contributed by atoms with Gasteiger partial charge in [0.1, 0.15) is 11.6 Å². The van der Waals surface area contributed by atoms with E-state index in [1.54, 1.807) is 10.6 Å². The summed E-state index contributed by atoms with van der Waals surface area (Å²) in [5.41, 5.74) is 1.96. The third kappa shape index (κ3) is 5.89. The molecule has 0 fully saturated rings. The molecule has 37 heavy (non-hydrogen) atoms. The zero-order valence-electron chi connectivity index (χ0n) is 21.9. The molecule has 0 bridgehead atoms. The zero-order valence-corrected chi connectivity index (χ0v) is 21.9. The van der Waals surface area contributed by atoms with Gasteiger partial charge < -0.3 is 14.5 Å². The number of carbonyl (C=O) groups is 1. The maximum absolute atomic E-state index is 13.9. The summed E-state index contributed by atoms with van der Waals surface area (Å²) in [4.78, 5) is 36.4. The summed E-state index contributed by atoms with van der Waals surface area (Å²) in [7, 11) is 3.96. The number of ether oxygens (including phenoxy) is 1. The second kappa shape index (κ2) is 11.8. The number of likely N-dealkylation sites (N-methyl/N-ethyl adjacent to an activating group) is 1. The Bertz CT molecular complexity index is 1420. The number of amides is 1. The van der Waals surface area contributed by atoms with Crippen molar-refractivity contribution < 1.29 is 9.53 Å². The second-order valence-electron chi connectivity index (χ2n) is 9.26. The zero-order chi connectivity index (χ0) is 26.4. The average molecular weight is 499 g/mol. The van der Waals surface area contributed by atoms with Crippen molar-refractivity contribution in [2.75, 3.05) is 33.8 Å². The molecule has 0 aliphatic heterocycles. The molecule has 7 nitrogen and oxygen atoms in total. The minimum absolute atomic E-state index is 0.0207. The van der Waals surface area contributed by atoms with Crippen LogP contribution in [-0.4, -0.2) is 59.0 Å². The molecule has 1 heterocycles. The van der Waals surface area contributed by atoms with Crippen molar-refractivity contribution in [1.29, 1.82) is 0 Å². The molecule has 0 aliphatic rings. The fraction of sp³-hybridized carbons (Fsp3) is 0.300. The Kier molecular flexibility index (Phi) is 8.36. The number of carbonyl (C=O) groups excluding carboxylic acids is 1. The van der Waals surface area contributed by atoms with Gasteiger partial charge in [0.2, 0.25) is 5.91 Å². The minimum atomic E-state index is -0.469. The largest absolute Gasteiger partial charge is 0.492 e. The normalized spacial score (nSPS) is 12.0. The van der Waals surface area contributed by atoms with Gasteiger partial charge >= 0.3 is 0 Å². The monoisotopic (exact) mass is 498 g/mol. The van der Waals surface area contributed by atoms with E-state index in [2.05, 4.69) is 0 Å². The van der Waals surface area contributed by atoms with Crippen LogP contribution in [0.4, 0.5) is 0 Å². The van der Waals surface area contributed by atoms with E-state index in [1.165, 1.54) is 0 Å². The first-order chi connectivity index (χ1) is 17.9. The van der Waals surface area contributed by atoms with Gasteiger partial charge in [0, 0.05) is 13.1 Å². The van der Waals surface area contributed by atoms with Gasteiger partial charge in [-0.2, -0.15) is 0 Å². The molecule has 1 aromatic heterocycles. The van der Waals surface area contributed by atoms with Gasteiger partial charge in [0.15, 0.2) is 0 Å². The molecule has 0 saturated heterocycles. The number of rotatable bonds is 10. The summed E-state index contributed by atoms with van der Waals surface area (Å²) in [6.07, 6.45) is 0.270. The fourth-order valence-corrected chi connectivity index (χ4v) is 4.44. The SMILES string of the molecule is CCOc1ccccc1-n1c(C(C)N(CCN(C)C)C(=O)Cc2ccccc2)nc2ccccc2c1=O. The molecule has 192 valence electrons. The average Bonchev–Trinajstić information content (AvgIpc) is 2.90. The molecule has 4 rings (SSSR count). The summed E-state index contributed by atoms with van der Waals surface area (Å²) in [6, 6.07) is 24.0. The molecule has 7 heteroatoms. The first-order valence-corrected chi connectivity index (χ1v) is 12.6. The Hall–Kier alpha value is -3.97. The molecule has 0 aliphatic carbocycles. The van der Waals surface area contributed by atoms with E-state index < -0.39 is 6.04 Å². The smallest absolute Gasteiger partial charge is 0.266 e. The highest BCUT2D eigenvalue weighted by atomic mass is 16.5. The van der Waals surface area contributed by atoms with E-state index in [0.717, 1.165) is 5.56 Å². The van der Waals surface area contributed by atoms with Crippen molar-refractivity contribution in [2.24, 2.45) is 0 Å². The molecular formula is C30H34N4O3. The van der Waals surface area contributed by atoms with Crippen molar-refractivity contribution in [1.82, 2.24) is 19.4 Å². The van der Waals surface area contributed by atoms with Gasteiger partial charge in [-0.25, -0.2) is 4.98 Å². The standard InChI is InChI=1S/C30H34N4O3/c1-5-37-27-18-12-11-17-26(27)34-29(31-25-16-10-9-15-24(25)30(34)36)22(2)33(20-19-32(3)4)28(35)21-23-13-7-6-8-14-23/h6-18,22H,5,19-21H2,1-4H3. The van der Waals surface area contributed by atoms with Gasteiger partial charge in [-0.3, -0.25) is 14.2 Å². The van der Waals surface area contributed by atoms with Crippen LogP contribution in [0.25, 0.3) is 16.6 Å². The first-order valence-electron chi connectivity index (χ1n) is 12.6. The van der Waals surface area contributed by atoms with Gasteiger partial charge in [0.25, 0.3) is 5.56 Å². The lowest BCUT2D eigenvalue weighted by Gasteiger charge is -2.32. The van der Waals surface area contributed by atoms with Gasteiger partial charge in [-0.15, -0.1) is 0 Å². The molecule has 0 radical (unpaired) electrons. The highest BCUT2D eigenvalue weighted by Crippen LogP contribution is 2.28. The molecule has 3 aromatic carbocycles. The minimum Gasteiger partial charge on any atom is -0.492 e. The maximum Gasteiger partial charge on any atom is 0.266 e. The summed E-state index contributed by atoms with van der Waals surface area (Å²) in [5, 5.41) is 0.514. The van der Waals surface area contributed by atoms with E-state index in [4.69, 9.17) is 9.72 Å². The van der Waals surface area contributed by atoms with Crippen molar-refractivity contribution in [3.8, 4) is 11.4 Å². The Labute approximate surface area is 217 Å². The fourth-order valence-electron chi connectivity index (χ4n) is 4.44. The van der Waals surface area contributed by atoms with Crippen LogP contribution in [-0.2, 0) is 11.2 Å². The highest BCUT2D eigenvalue weighted by molar-refractivity contribution is 5.80. The number of hydrogen-bond donors (Lipinski definition) is 0. The van der Waals surface area contributed by atoms with Crippen LogP contribution in [0.3, 0.4) is 0 Å². The number of para-hydroxylation sites is 3. The van der Waals surface area contributed by atoms with Gasteiger partial charge in [-0.1, -0.05) is 54.6 Å². The van der Waals surface area contributed by atoms with Crippen LogP contribution in [0.15, 0.2) is 83.7 Å². The number of fused-ring (bicyclic) bond motifs is 1. The van der Waals surface area contributed by atoms with Gasteiger partial charge in [-0.05, 0) is 57.8 Å². The maximum atomic E-state index is 13.9. The van der Waals surface area contributed by atoms with Crippen LogP contribution >= 0.6 is 0 Å². The lowest BCUT2D eigenvalue weighted by molar-refractivity contribution is -0.133. The van der Waals surface area contributed by atoms with E-state index >= 15 is 0 Å². The predicted molar refractivity (Wildman–Crippen MR) is 147 cm³/mol. The Morgan fingerprint density at radius 3 is 2.35 bits per heavy atom. The molecule has 0 saturated carbocycles. The highest BCUT2D eigenvalue weighted by Gasteiger charge is 2.27. The second-order valence-corrected chi connectivity index (χ2v) is 9.26. The van der Waals surface area contributed by atoms with Crippen molar-refractivity contribution in [3.05, 3.63) is 101 Å². The Balaban J connectivity index is 1.87. The summed E-state index contributed by atoms with van der Waals surface area (Å²) in [6.45, 7) is 5.48. The number of benzene rings is 3. The molecular weight excluding hydrogens is 464 g/mol. The topological polar surface area (TPSA) is 67.7 Å². The number of nitrogens with zero attached hydrogens (tertiary/aromatic N) is 4. The molecule has 4 aromatic rings. The summed E-state index contributed by atoms with van der Waals surface area (Å²) < 4.78 is 7.49. The Morgan fingerprint density at radius 1 is 0.946 bits per heavy atom. The van der Waals surface area contributed by atoms with E-state index in [1.807, 2.05) is 111 Å². The third-order valence-corrected chi connectivity index (χ3v) is 6.36. The molecule has 1 unspecified atom stereocenters. The van der Waals surface area contributed by atoms with Crippen LogP contribution in [0.5, 0.6) is 5.75 Å². The number of hydrogen-bond acceptors (Lipinski definition) is 5. The van der Waals surface area contributed by atoms with Gasteiger partial charge in [0.05, 0.1) is 35.7 Å². The van der Waals surface area contributed by atoms with Crippen LogP contribution < -0.4 is 10.3 Å². The third-order valence-electron chi connectivity index (χ3n) is 6.36.